The zero-order valence-electron chi connectivity index (χ0n) is 9.21. The first-order valence-electron chi connectivity index (χ1n) is 5.20. The van der Waals surface area contributed by atoms with Gasteiger partial charge in [0.2, 0.25) is 0 Å². The lowest BCUT2D eigenvalue weighted by Crippen LogP contribution is -2.07. The summed E-state index contributed by atoms with van der Waals surface area (Å²) in [5, 5.41) is 0. The first kappa shape index (κ1) is 12.9. The number of hydrogen-bond acceptors (Lipinski definition) is 1. The summed E-state index contributed by atoms with van der Waals surface area (Å²) in [6, 6.07) is 10.0. The van der Waals surface area contributed by atoms with Gasteiger partial charge < -0.3 is 0 Å². The highest BCUT2D eigenvalue weighted by Crippen LogP contribution is 2.32. The third-order valence-corrected chi connectivity index (χ3v) is 2.77. The fraction of sp³-hybridized carbons (Fsp3) is 0.154. The number of halogens is 4. The largest absolute Gasteiger partial charge is 0.417 e. The summed E-state index contributed by atoms with van der Waals surface area (Å²) in [4.78, 5) is 3.88. The van der Waals surface area contributed by atoms with E-state index in [1.54, 1.807) is 24.3 Å². The van der Waals surface area contributed by atoms with Gasteiger partial charge in [0.05, 0.1) is 11.3 Å². The quantitative estimate of drug-likeness (QED) is 0.733. The Morgan fingerprint density at radius 3 is 2.33 bits per heavy atom. The molecule has 1 heterocycles. The van der Waals surface area contributed by atoms with Gasteiger partial charge in [-0.3, -0.25) is 4.98 Å². The van der Waals surface area contributed by atoms with Crippen molar-refractivity contribution in [1.29, 1.82) is 0 Å². The fourth-order valence-electron chi connectivity index (χ4n) is 1.62. The predicted octanol–water partition coefficient (Wildman–Crippen LogP) is 4.51. The minimum atomic E-state index is -4.40. The molecule has 0 fully saturated rings. The molecule has 0 atom stereocenters. The van der Waals surface area contributed by atoms with Crippen LogP contribution in [0, 0.1) is 0 Å². The SMILES string of the molecule is FC(F)(F)c1cnc(-c2ccccc2)c(CCl)c1. The molecule has 0 radical (unpaired) electrons. The minimum Gasteiger partial charge on any atom is -0.255 e. The molecule has 0 unspecified atom stereocenters. The molecule has 0 bridgehead atoms. The Balaban J connectivity index is 2.51. The normalized spacial score (nSPS) is 11.6. The third-order valence-electron chi connectivity index (χ3n) is 2.49. The molecule has 18 heavy (non-hydrogen) atoms. The second-order valence-electron chi connectivity index (χ2n) is 3.73. The van der Waals surface area contributed by atoms with Crippen molar-refractivity contribution < 1.29 is 13.2 Å². The van der Waals surface area contributed by atoms with Crippen molar-refractivity contribution in [3.63, 3.8) is 0 Å². The van der Waals surface area contributed by atoms with Gasteiger partial charge in [0, 0.05) is 17.6 Å². The van der Waals surface area contributed by atoms with Crippen molar-refractivity contribution in [2.75, 3.05) is 0 Å². The number of benzene rings is 1. The zero-order valence-corrected chi connectivity index (χ0v) is 9.96. The predicted molar refractivity (Wildman–Crippen MR) is 64.2 cm³/mol. The Hall–Kier alpha value is -1.55. The molecular weight excluding hydrogens is 263 g/mol. The number of nitrogens with zero attached hydrogens (tertiary/aromatic N) is 1. The van der Waals surface area contributed by atoms with Crippen LogP contribution in [0.15, 0.2) is 42.6 Å². The number of hydrogen-bond donors (Lipinski definition) is 0. The van der Waals surface area contributed by atoms with E-state index in [4.69, 9.17) is 11.6 Å². The molecule has 0 saturated carbocycles. The highest BCUT2D eigenvalue weighted by atomic mass is 35.5. The Morgan fingerprint density at radius 1 is 1.11 bits per heavy atom. The van der Waals surface area contributed by atoms with Crippen LogP contribution in [-0.4, -0.2) is 4.98 Å². The van der Waals surface area contributed by atoms with Crippen LogP contribution in [-0.2, 0) is 12.1 Å². The average molecular weight is 272 g/mol. The molecule has 0 aliphatic carbocycles. The van der Waals surface area contributed by atoms with Gasteiger partial charge in [-0.15, -0.1) is 11.6 Å². The van der Waals surface area contributed by atoms with Crippen LogP contribution < -0.4 is 0 Å². The van der Waals surface area contributed by atoms with E-state index in [9.17, 15) is 13.2 Å². The van der Waals surface area contributed by atoms with Gasteiger partial charge in [-0.1, -0.05) is 30.3 Å². The second kappa shape index (κ2) is 4.98. The molecule has 1 nitrogen and oxygen atoms in total. The number of rotatable bonds is 2. The molecule has 0 spiro atoms. The van der Waals surface area contributed by atoms with Crippen molar-refractivity contribution in [3.05, 3.63) is 53.7 Å². The number of pyridine rings is 1. The molecule has 0 N–H and O–H groups in total. The Bertz CT molecular complexity index is 538. The first-order valence-corrected chi connectivity index (χ1v) is 5.73. The van der Waals surface area contributed by atoms with Crippen molar-refractivity contribution in [1.82, 2.24) is 4.98 Å². The standard InChI is InChI=1S/C13H9ClF3N/c14-7-10-6-11(13(15,16)17)8-18-12(10)9-4-2-1-3-5-9/h1-6,8H,7H2. The summed E-state index contributed by atoms with van der Waals surface area (Å²) < 4.78 is 37.7. The molecule has 1 aromatic heterocycles. The van der Waals surface area contributed by atoms with Gasteiger partial charge in [0.25, 0.3) is 0 Å². The lowest BCUT2D eigenvalue weighted by atomic mass is 10.1. The first-order chi connectivity index (χ1) is 8.52. The van der Waals surface area contributed by atoms with Crippen molar-refractivity contribution in [2.24, 2.45) is 0 Å². The topological polar surface area (TPSA) is 12.9 Å². The van der Waals surface area contributed by atoms with Gasteiger partial charge in [-0.05, 0) is 11.6 Å². The van der Waals surface area contributed by atoms with Crippen LogP contribution >= 0.6 is 11.6 Å². The average Bonchev–Trinajstić information content (AvgIpc) is 2.38. The van der Waals surface area contributed by atoms with E-state index in [1.165, 1.54) is 0 Å². The van der Waals surface area contributed by atoms with E-state index >= 15 is 0 Å². The summed E-state index contributed by atoms with van der Waals surface area (Å²) in [7, 11) is 0. The zero-order chi connectivity index (χ0) is 13.2. The summed E-state index contributed by atoms with van der Waals surface area (Å²) in [5.74, 6) is -0.0128. The van der Waals surface area contributed by atoms with E-state index in [-0.39, 0.29) is 5.88 Å². The van der Waals surface area contributed by atoms with E-state index in [2.05, 4.69) is 4.98 Å². The summed E-state index contributed by atoms with van der Waals surface area (Å²) in [5.41, 5.74) is 0.830. The highest BCUT2D eigenvalue weighted by Gasteiger charge is 2.31. The van der Waals surface area contributed by atoms with E-state index < -0.39 is 11.7 Å². The molecule has 94 valence electrons. The lowest BCUT2D eigenvalue weighted by Gasteiger charge is -2.11. The summed E-state index contributed by atoms with van der Waals surface area (Å²) in [6.45, 7) is 0. The van der Waals surface area contributed by atoms with Crippen molar-refractivity contribution in [2.45, 2.75) is 12.1 Å². The maximum atomic E-state index is 12.6. The maximum Gasteiger partial charge on any atom is 0.417 e. The van der Waals surface area contributed by atoms with Crippen LogP contribution in [0.2, 0.25) is 0 Å². The monoisotopic (exact) mass is 271 g/mol. The Morgan fingerprint density at radius 2 is 1.78 bits per heavy atom. The van der Waals surface area contributed by atoms with Crippen molar-refractivity contribution in [3.8, 4) is 11.3 Å². The molecule has 0 saturated heterocycles. The molecule has 1 aromatic carbocycles. The van der Waals surface area contributed by atoms with E-state index in [0.717, 1.165) is 17.8 Å². The van der Waals surface area contributed by atoms with Crippen LogP contribution in [0.1, 0.15) is 11.1 Å². The summed E-state index contributed by atoms with van der Waals surface area (Å²) in [6.07, 6.45) is -3.57. The van der Waals surface area contributed by atoms with Crippen LogP contribution in [0.5, 0.6) is 0 Å². The van der Waals surface area contributed by atoms with Gasteiger partial charge in [-0.2, -0.15) is 13.2 Å². The van der Waals surface area contributed by atoms with Gasteiger partial charge in [0.15, 0.2) is 0 Å². The minimum absolute atomic E-state index is 0.0128. The van der Waals surface area contributed by atoms with E-state index in [1.807, 2.05) is 6.07 Å². The summed E-state index contributed by atoms with van der Waals surface area (Å²) >= 11 is 5.70. The Labute approximate surface area is 107 Å². The highest BCUT2D eigenvalue weighted by molar-refractivity contribution is 6.17. The van der Waals surface area contributed by atoms with Gasteiger partial charge in [0.1, 0.15) is 0 Å². The lowest BCUT2D eigenvalue weighted by molar-refractivity contribution is -0.137. The molecule has 5 heteroatoms. The van der Waals surface area contributed by atoms with Crippen LogP contribution in [0.25, 0.3) is 11.3 Å². The molecule has 2 aromatic rings. The second-order valence-corrected chi connectivity index (χ2v) is 4.00. The maximum absolute atomic E-state index is 12.6. The van der Waals surface area contributed by atoms with E-state index in [0.29, 0.717) is 11.3 Å². The smallest absolute Gasteiger partial charge is 0.255 e. The fourth-order valence-corrected chi connectivity index (χ4v) is 1.83. The molecule has 0 aliphatic heterocycles. The van der Waals surface area contributed by atoms with Gasteiger partial charge in [-0.25, -0.2) is 0 Å². The number of alkyl halides is 4. The van der Waals surface area contributed by atoms with Crippen LogP contribution in [0.4, 0.5) is 13.2 Å². The Kier molecular flexibility index (Phi) is 3.57. The molecule has 0 aliphatic rings. The number of aromatic nitrogens is 1. The van der Waals surface area contributed by atoms with Gasteiger partial charge >= 0.3 is 6.18 Å². The molecular formula is C13H9ClF3N. The molecule has 0 amide bonds. The third kappa shape index (κ3) is 2.64. The van der Waals surface area contributed by atoms with Crippen LogP contribution in [0.3, 0.4) is 0 Å². The van der Waals surface area contributed by atoms with Crippen molar-refractivity contribution >= 4 is 11.6 Å². The molecule has 2 rings (SSSR count).